The van der Waals surface area contributed by atoms with Crippen LogP contribution in [0.5, 0.6) is 0 Å². The van der Waals surface area contributed by atoms with Crippen LogP contribution >= 0.6 is 0 Å². The second kappa shape index (κ2) is 8.91. The van der Waals surface area contributed by atoms with Crippen LogP contribution in [0.15, 0.2) is 42.5 Å². The van der Waals surface area contributed by atoms with Gasteiger partial charge in [0.25, 0.3) is 5.69 Å². The van der Waals surface area contributed by atoms with Crippen molar-refractivity contribution in [1.82, 2.24) is 4.90 Å². The molecule has 2 aromatic rings. The standard InChI is InChI=1S/C19H22N4O4/c1-13-4-7-15(8-5-13)20-18(24)11-22(3)12-19(25)21-16-9-6-14(2)10-17(16)23(26)27/h4-10H,11-12H2,1-3H3,(H,20,24)(H,21,25). The van der Waals surface area contributed by atoms with Gasteiger partial charge in [0.05, 0.1) is 18.0 Å². The topological polar surface area (TPSA) is 105 Å². The zero-order valence-electron chi connectivity index (χ0n) is 15.5. The van der Waals surface area contributed by atoms with Crippen molar-refractivity contribution in [3.05, 3.63) is 63.7 Å². The molecular formula is C19H22N4O4. The fourth-order valence-electron chi connectivity index (χ4n) is 2.47. The van der Waals surface area contributed by atoms with Gasteiger partial charge in [-0.1, -0.05) is 23.8 Å². The minimum atomic E-state index is -0.540. The van der Waals surface area contributed by atoms with Gasteiger partial charge in [-0.3, -0.25) is 24.6 Å². The van der Waals surface area contributed by atoms with Crippen LogP contribution in [0.1, 0.15) is 11.1 Å². The van der Waals surface area contributed by atoms with Gasteiger partial charge < -0.3 is 10.6 Å². The molecule has 8 nitrogen and oxygen atoms in total. The van der Waals surface area contributed by atoms with E-state index in [4.69, 9.17) is 0 Å². The van der Waals surface area contributed by atoms with Gasteiger partial charge >= 0.3 is 0 Å². The Morgan fingerprint density at radius 1 is 0.963 bits per heavy atom. The van der Waals surface area contributed by atoms with E-state index in [1.165, 1.54) is 17.0 Å². The molecule has 2 amide bonds. The monoisotopic (exact) mass is 370 g/mol. The van der Waals surface area contributed by atoms with Crippen LogP contribution in [-0.2, 0) is 9.59 Å². The first kappa shape index (κ1) is 20.1. The molecule has 142 valence electrons. The molecule has 0 atom stereocenters. The van der Waals surface area contributed by atoms with Crippen LogP contribution in [0.25, 0.3) is 0 Å². The van der Waals surface area contributed by atoms with E-state index in [2.05, 4.69) is 10.6 Å². The predicted octanol–water partition coefficient (Wildman–Crippen LogP) is 2.72. The highest BCUT2D eigenvalue weighted by Gasteiger charge is 2.17. The average molecular weight is 370 g/mol. The molecular weight excluding hydrogens is 348 g/mol. The normalized spacial score (nSPS) is 10.5. The lowest BCUT2D eigenvalue weighted by atomic mass is 10.2. The van der Waals surface area contributed by atoms with Gasteiger partial charge in [0, 0.05) is 11.8 Å². The number of benzene rings is 2. The lowest BCUT2D eigenvalue weighted by molar-refractivity contribution is -0.384. The number of anilines is 2. The number of rotatable bonds is 7. The number of nitro benzene ring substituents is 1. The van der Waals surface area contributed by atoms with Gasteiger partial charge in [0.2, 0.25) is 11.8 Å². The summed E-state index contributed by atoms with van der Waals surface area (Å²) in [5.74, 6) is -0.692. The molecule has 0 saturated carbocycles. The van der Waals surface area contributed by atoms with Crippen LogP contribution in [0.4, 0.5) is 17.1 Å². The Balaban J connectivity index is 1.89. The fourth-order valence-corrected chi connectivity index (χ4v) is 2.47. The van der Waals surface area contributed by atoms with E-state index < -0.39 is 10.8 Å². The number of carbonyl (C=O) groups excluding carboxylic acids is 2. The molecule has 0 spiro atoms. The number of nitrogens with one attached hydrogen (secondary N) is 2. The first-order valence-electron chi connectivity index (χ1n) is 8.34. The van der Waals surface area contributed by atoms with Gasteiger partial charge in [0.1, 0.15) is 5.69 Å². The third-order valence-corrected chi connectivity index (χ3v) is 3.79. The van der Waals surface area contributed by atoms with Crippen molar-refractivity contribution in [2.24, 2.45) is 0 Å². The fraction of sp³-hybridized carbons (Fsp3) is 0.263. The summed E-state index contributed by atoms with van der Waals surface area (Å²) in [5.41, 5.74) is 2.46. The summed E-state index contributed by atoms with van der Waals surface area (Å²) in [6.45, 7) is 3.62. The highest BCUT2D eigenvalue weighted by Crippen LogP contribution is 2.25. The van der Waals surface area contributed by atoms with Gasteiger partial charge in [-0.05, 0) is 44.7 Å². The Labute approximate surface area is 157 Å². The highest BCUT2D eigenvalue weighted by atomic mass is 16.6. The largest absolute Gasteiger partial charge is 0.325 e. The minimum absolute atomic E-state index is 0.0112. The maximum atomic E-state index is 12.2. The van der Waals surface area contributed by atoms with Crippen molar-refractivity contribution in [1.29, 1.82) is 0 Å². The number of nitro groups is 1. The van der Waals surface area contributed by atoms with Crippen LogP contribution in [0.3, 0.4) is 0 Å². The maximum absolute atomic E-state index is 12.2. The summed E-state index contributed by atoms with van der Waals surface area (Å²) in [6.07, 6.45) is 0. The average Bonchev–Trinajstić information content (AvgIpc) is 2.58. The summed E-state index contributed by atoms with van der Waals surface area (Å²) in [7, 11) is 1.62. The van der Waals surface area contributed by atoms with Crippen LogP contribution in [0, 0.1) is 24.0 Å². The summed E-state index contributed by atoms with van der Waals surface area (Å²) >= 11 is 0. The Morgan fingerprint density at radius 3 is 2.11 bits per heavy atom. The molecule has 0 aliphatic heterocycles. The Morgan fingerprint density at radius 2 is 1.52 bits per heavy atom. The molecule has 0 radical (unpaired) electrons. The van der Waals surface area contributed by atoms with Gasteiger partial charge in [-0.25, -0.2) is 0 Å². The van der Waals surface area contributed by atoms with Crippen molar-refractivity contribution in [2.75, 3.05) is 30.8 Å². The van der Waals surface area contributed by atoms with E-state index in [1.54, 1.807) is 32.2 Å². The van der Waals surface area contributed by atoms with E-state index in [0.29, 0.717) is 5.69 Å². The van der Waals surface area contributed by atoms with Crippen LogP contribution in [0.2, 0.25) is 0 Å². The summed E-state index contributed by atoms with van der Waals surface area (Å²) < 4.78 is 0. The number of hydrogen-bond acceptors (Lipinski definition) is 5. The summed E-state index contributed by atoms with van der Waals surface area (Å²) in [5, 5.41) is 16.4. The van der Waals surface area contributed by atoms with Gasteiger partial charge in [-0.2, -0.15) is 0 Å². The molecule has 2 N–H and O–H groups in total. The maximum Gasteiger partial charge on any atom is 0.293 e. The van der Waals surface area contributed by atoms with E-state index in [9.17, 15) is 19.7 Å². The molecule has 0 unspecified atom stereocenters. The molecule has 0 heterocycles. The zero-order chi connectivity index (χ0) is 20.0. The molecule has 2 rings (SSSR count). The highest BCUT2D eigenvalue weighted by molar-refractivity contribution is 5.96. The molecule has 2 aromatic carbocycles. The molecule has 0 aliphatic carbocycles. The van der Waals surface area contributed by atoms with E-state index in [1.807, 2.05) is 19.1 Å². The number of nitrogens with zero attached hydrogens (tertiary/aromatic N) is 2. The Hall–Kier alpha value is -3.26. The lowest BCUT2D eigenvalue weighted by Gasteiger charge is -2.16. The number of hydrogen-bond donors (Lipinski definition) is 2. The Kier molecular flexibility index (Phi) is 6.62. The molecule has 0 aromatic heterocycles. The second-order valence-corrected chi connectivity index (χ2v) is 6.41. The third kappa shape index (κ3) is 6.19. The van der Waals surface area contributed by atoms with Crippen molar-refractivity contribution in [2.45, 2.75) is 13.8 Å². The first-order valence-corrected chi connectivity index (χ1v) is 8.34. The predicted molar refractivity (Wildman–Crippen MR) is 104 cm³/mol. The summed E-state index contributed by atoms with van der Waals surface area (Å²) in [4.78, 5) is 36.3. The molecule has 0 fully saturated rings. The smallest absolute Gasteiger partial charge is 0.293 e. The molecule has 0 aliphatic rings. The van der Waals surface area contributed by atoms with Gasteiger partial charge in [-0.15, -0.1) is 0 Å². The van der Waals surface area contributed by atoms with Crippen molar-refractivity contribution < 1.29 is 14.5 Å². The van der Waals surface area contributed by atoms with Crippen LogP contribution in [-0.4, -0.2) is 41.8 Å². The van der Waals surface area contributed by atoms with Crippen LogP contribution < -0.4 is 10.6 Å². The van der Waals surface area contributed by atoms with Crippen molar-refractivity contribution in [3.63, 3.8) is 0 Å². The van der Waals surface area contributed by atoms with E-state index in [0.717, 1.165) is 11.1 Å². The number of amides is 2. The van der Waals surface area contributed by atoms with Crippen molar-refractivity contribution in [3.8, 4) is 0 Å². The molecule has 8 heteroatoms. The molecule has 0 saturated heterocycles. The number of likely N-dealkylation sites (N-methyl/N-ethyl adjacent to an activating group) is 1. The third-order valence-electron chi connectivity index (χ3n) is 3.79. The second-order valence-electron chi connectivity index (χ2n) is 6.41. The van der Waals surface area contributed by atoms with E-state index in [-0.39, 0.29) is 30.4 Å². The van der Waals surface area contributed by atoms with Gasteiger partial charge in [0.15, 0.2) is 0 Å². The first-order chi connectivity index (χ1) is 12.7. The lowest BCUT2D eigenvalue weighted by Crippen LogP contribution is -2.36. The quantitative estimate of drug-likeness (QED) is 0.576. The minimum Gasteiger partial charge on any atom is -0.325 e. The molecule has 27 heavy (non-hydrogen) atoms. The van der Waals surface area contributed by atoms with Crippen molar-refractivity contribution >= 4 is 28.9 Å². The number of aryl methyl sites for hydroxylation is 2. The van der Waals surface area contributed by atoms with E-state index >= 15 is 0 Å². The summed E-state index contributed by atoms with van der Waals surface area (Å²) in [6, 6.07) is 12.0. The number of carbonyl (C=O) groups is 2. The Bertz CT molecular complexity index is 849. The molecule has 0 bridgehead atoms. The zero-order valence-corrected chi connectivity index (χ0v) is 15.5. The SMILES string of the molecule is Cc1ccc(NC(=O)CN(C)CC(=O)Nc2ccc(C)cc2[N+](=O)[O-])cc1.